The van der Waals surface area contributed by atoms with Gasteiger partial charge < -0.3 is 5.32 Å². The van der Waals surface area contributed by atoms with Crippen molar-refractivity contribution in [3.8, 4) is 0 Å². The van der Waals surface area contributed by atoms with Gasteiger partial charge in [-0.25, -0.2) is 0 Å². The van der Waals surface area contributed by atoms with E-state index in [0.717, 1.165) is 17.7 Å². The van der Waals surface area contributed by atoms with Gasteiger partial charge >= 0.3 is 0 Å². The number of nitro benzene ring substituents is 1. The number of nitrogens with zero attached hydrogens (tertiary/aromatic N) is 3. The van der Waals surface area contributed by atoms with E-state index in [1.54, 1.807) is 12.1 Å². The molecule has 1 aromatic carbocycles. The third kappa shape index (κ3) is 2.92. The van der Waals surface area contributed by atoms with Crippen LogP contribution in [0.1, 0.15) is 11.1 Å². The first-order chi connectivity index (χ1) is 8.69. The number of aromatic nitrogens is 2. The first-order valence-corrected chi connectivity index (χ1v) is 5.58. The van der Waals surface area contributed by atoms with Gasteiger partial charge in [0.25, 0.3) is 5.69 Å². The zero-order valence-electron chi connectivity index (χ0n) is 10.0. The van der Waals surface area contributed by atoms with E-state index in [1.807, 2.05) is 24.1 Å². The second kappa shape index (κ2) is 5.42. The van der Waals surface area contributed by atoms with Crippen molar-refractivity contribution >= 4 is 5.69 Å². The van der Waals surface area contributed by atoms with Gasteiger partial charge in [0, 0.05) is 30.4 Å². The summed E-state index contributed by atoms with van der Waals surface area (Å²) in [7, 11) is 1.88. The summed E-state index contributed by atoms with van der Waals surface area (Å²) >= 11 is 0. The fraction of sp³-hybridized carbons (Fsp3) is 0.250. The highest BCUT2D eigenvalue weighted by Crippen LogP contribution is 2.12. The molecule has 0 radical (unpaired) electrons. The van der Waals surface area contributed by atoms with Gasteiger partial charge in [0.05, 0.1) is 17.7 Å². The minimum atomic E-state index is -0.400. The van der Waals surface area contributed by atoms with E-state index in [2.05, 4.69) is 10.4 Å². The molecule has 0 aliphatic heterocycles. The van der Waals surface area contributed by atoms with Crippen molar-refractivity contribution in [2.45, 2.75) is 13.1 Å². The number of hydrogen-bond acceptors (Lipinski definition) is 4. The van der Waals surface area contributed by atoms with Gasteiger partial charge in [0.1, 0.15) is 0 Å². The van der Waals surface area contributed by atoms with E-state index in [0.29, 0.717) is 6.54 Å². The fourth-order valence-electron chi connectivity index (χ4n) is 1.70. The van der Waals surface area contributed by atoms with Crippen LogP contribution in [0.4, 0.5) is 5.69 Å². The van der Waals surface area contributed by atoms with E-state index in [4.69, 9.17) is 0 Å². The smallest absolute Gasteiger partial charge is 0.269 e. The minimum absolute atomic E-state index is 0.107. The normalized spacial score (nSPS) is 10.5. The van der Waals surface area contributed by atoms with E-state index in [1.165, 1.54) is 12.1 Å². The molecule has 94 valence electrons. The second-order valence-electron chi connectivity index (χ2n) is 4.00. The number of nitro groups is 1. The highest BCUT2D eigenvalue weighted by molar-refractivity contribution is 5.32. The molecular formula is C12H14N4O2. The Morgan fingerprint density at radius 3 is 2.67 bits per heavy atom. The first-order valence-electron chi connectivity index (χ1n) is 5.58. The lowest BCUT2D eigenvalue weighted by Crippen LogP contribution is -2.04. The molecule has 18 heavy (non-hydrogen) atoms. The van der Waals surface area contributed by atoms with Gasteiger partial charge in [-0.1, -0.05) is 12.1 Å². The summed E-state index contributed by atoms with van der Waals surface area (Å²) in [5.41, 5.74) is 2.20. The summed E-state index contributed by atoms with van der Waals surface area (Å²) in [4.78, 5) is 10.1. The Balaban J connectivity index is 2.06. The lowest BCUT2D eigenvalue weighted by atomic mass is 10.2. The lowest BCUT2D eigenvalue weighted by molar-refractivity contribution is -0.384. The van der Waals surface area contributed by atoms with Gasteiger partial charge in [0.15, 0.2) is 0 Å². The first kappa shape index (κ1) is 12.3. The van der Waals surface area contributed by atoms with Crippen molar-refractivity contribution in [1.29, 1.82) is 0 Å². The van der Waals surface area contributed by atoms with Crippen molar-refractivity contribution in [2.24, 2.45) is 0 Å². The minimum Gasteiger partial charge on any atom is -0.316 e. The van der Waals surface area contributed by atoms with Gasteiger partial charge in [-0.05, 0) is 12.6 Å². The fourth-order valence-corrected chi connectivity index (χ4v) is 1.70. The summed E-state index contributed by atoms with van der Waals surface area (Å²) in [6, 6.07) is 6.51. The summed E-state index contributed by atoms with van der Waals surface area (Å²) in [6.07, 6.45) is 3.76. The molecule has 0 unspecified atom stereocenters. The molecule has 0 spiro atoms. The van der Waals surface area contributed by atoms with Crippen LogP contribution in [0.25, 0.3) is 0 Å². The zero-order valence-corrected chi connectivity index (χ0v) is 10.0. The van der Waals surface area contributed by atoms with Crippen molar-refractivity contribution in [2.75, 3.05) is 7.05 Å². The zero-order chi connectivity index (χ0) is 13.0. The Kier molecular flexibility index (Phi) is 3.69. The molecule has 0 aliphatic rings. The van der Waals surface area contributed by atoms with E-state index in [-0.39, 0.29) is 5.69 Å². The molecule has 2 rings (SSSR count). The van der Waals surface area contributed by atoms with Crippen molar-refractivity contribution in [1.82, 2.24) is 15.1 Å². The maximum Gasteiger partial charge on any atom is 0.269 e. The second-order valence-corrected chi connectivity index (χ2v) is 4.00. The van der Waals surface area contributed by atoms with Gasteiger partial charge in [-0.3, -0.25) is 14.8 Å². The van der Waals surface area contributed by atoms with Gasteiger partial charge in [-0.15, -0.1) is 0 Å². The molecule has 0 fully saturated rings. The Hall–Kier alpha value is -2.21. The van der Waals surface area contributed by atoms with Crippen LogP contribution in [-0.2, 0) is 13.1 Å². The van der Waals surface area contributed by atoms with Crippen LogP contribution >= 0.6 is 0 Å². The Labute approximate surface area is 104 Å². The molecule has 0 atom stereocenters. The topological polar surface area (TPSA) is 73.0 Å². The SMILES string of the molecule is CNCc1cnn(Cc2ccc([N+](=O)[O-])cc2)c1. The Morgan fingerprint density at radius 1 is 1.33 bits per heavy atom. The van der Waals surface area contributed by atoms with Crippen LogP contribution in [0.2, 0.25) is 0 Å². The molecule has 6 nitrogen and oxygen atoms in total. The molecule has 0 bridgehead atoms. The highest BCUT2D eigenvalue weighted by atomic mass is 16.6. The lowest BCUT2D eigenvalue weighted by Gasteiger charge is -2.01. The van der Waals surface area contributed by atoms with E-state index >= 15 is 0 Å². The number of hydrogen-bond donors (Lipinski definition) is 1. The van der Waals surface area contributed by atoms with Crippen LogP contribution in [0.3, 0.4) is 0 Å². The monoisotopic (exact) mass is 246 g/mol. The molecule has 2 aromatic rings. The Morgan fingerprint density at radius 2 is 2.06 bits per heavy atom. The number of non-ortho nitro benzene ring substituents is 1. The number of rotatable bonds is 5. The molecule has 0 saturated heterocycles. The van der Waals surface area contributed by atoms with Crippen LogP contribution in [0.5, 0.6) is 0 Å². The summed E-state index contributed by atoms with van der Waals surface area (Å²) in [6.45, 7) is 1.39. The average molecular weight is 246 g/mol. The van der Waals surface area contributed by atoms with Crippen LogP contribution < -0.4 is 5.32 Å². The molecule has 6 heteroatoms. The molecular weight excluding hydrogens is 232 g/mol. The third-order valence-electron chi connectivity index (χ3n) is 2.56. The Bertz CT molecular complexity index is 533. The third-order valence-corrected chi connectivity index (χ3v) is 2.56. The van der Waals surface area contributed by atoms with Gasteiger partial charge in [-0.2, -0.15) is 5.10 Å². The number of benzene rings is 1. The van der Waals surface area contributed by atoms with Crippen LogP contribution in [0, 0.1) is 10.1 Å². The highest BCUT2D eigenvalue weighted by Gasteiger charge is 2.04. The summed E-state index contributed by atoms with van der Waals surface area (Å²) in [5, 5.41) is 17.8. The molecule has 1 aromatic heterocycles. The largest absolute Gasteiger partial charge is 0.316 e. The predicted molar refractivity (Wildman–Crippen MR) is 67.2 cm³/mol. The maximum atomic E-state index is 10.5. The molecule has 1 N–H and O–H groups in total. The van der Waals surface area contributed by atoms with Crippen molar-refractivity contribution in [3.63, 3.8) is 0 Å². The number of nitrogens with one attached hydrogen (secondary N) is 1. The summed E-state index contributed by atoms with van der Waals surface area (Å²) in [5.74, 6) is 0. The van der Waals surface area contributed by atoms with Crippen LogP contribution in [-0.4, -0.2) is 21.8 Å². The average Bonchev–Trinajstić information content (AvgIpc) is 2.78. The molecule has 0 amide bonds. The summed E-state index contributed by atoms with van der Waals surface area (Å²) < 4.78 is 1.81. The maximum absolute atomic E-state index is 10.5. The van der Waals surface area contributed by atoms with Crippen molar-refractivity contribution < 1.29 is 4.92 Å². The van der Waals surface area contributed by atoms with Crippen LogP contribution in [0.15, 0.2) is 36.7 Å². The standard InChI is InChI=1S/C12H14N4O2/c1-13-6-11-7-14-15(9-11)8-10-2-4-12(5-3-10)16(17)18/h2-5,7,9,13H,6,8H2,1H3. The van der Waals surface area contributed by atoms with Gasteiger partial charge in [0.2, 0.25) is 0 Å². The molecule has 0 aliphatic carbocycles. The van der Waals surface area contributed by atoms with Crippen molar-refractivity contribution in [3.05, 3.63) is 57.9 Å². The van der Waals surface area contributed by atoms with E-state index in [9.17, 15) is 10.1 Å². The van der Waals surface area contributed by atoms with E-state index < -0.39 is 4.92 Å². The molecule has 0 saturated carbocycles. The molecule has 1 heterocycles. The quantitative estimate of drug-likeness (QED) is 0.641. The predicted octanol–water partition coefficient (Wildman–Crippen LogP) is 1.56.